The quantitative estimate of drug-likeness (QED) is 0.615. The van der Waals surface area contributed by atoms with E-state index in [1.165, 1.54) is 10.9 Å². The molecule has 1 rings (SSSR count). The van der Waals surface area contributed by atoms with Crippen molar-refractivity contribution in [3.05, 3.63) is 22.5 Å². The number of amides is 1. The van der Waals surface area contributed by atoms with E-state index in [1.807, 2.05) is 20.8 Å². The average Bonchev–Trinajstić information content (AvgIpc) is 2.77. The molecule has 18 heavy (non-hydrogen) atoms. The first-order valence-corrected chi connectivity index (χ1v) is 5.92. The van der Waals surface area contributed by atoms with Gasteiger partial charge < -0.3 is 5.32 Å². The minimum Gasteiger partial charge on any atom is -0.354 e. The SMILES string of the molecule is CCC(C(=O)NCC(C)C)n1cc([N+](=O)[O-])cn1. The van der Waals surface area contributed by atoms with Gasteiger partial charge in [-0.05, 0) is 12.3 Å². The Balaban J connectivity index is 2.75. The maximum Gasteiger partial charge on any atom is 0.307 e. The van der Waals surface area contributed by atoms with Crippen molar-refractivity contribution >= 4 is 11.6 Å². The second-order valence-corrected chi connectivity index (χ2v) is 4.50. The van der Waals surface area contributed by atoms with Crippen molar-refractivity contribution in [3.63, 3.8) is 0 Å². The summed E-state index contributed by atoms with van der Waals surface area (Å²) in [6.45, 7) is 6.42. The molecule has 0 saturated heterocycles. The summed E-state index contributed by atoms with van der Waals surface area (Å²) in [6, 6.07) is -0.502. The molecular formula is C11H18N4O3. The summed E-state index contributed by atoms with van der Waals surface area (Å²) in [5.41, 5.74) is -0.106. The lowest BCUT2D eigenvalue weighted by Gasteiger charge is -2.16. The Bertz CT molecular complexity index is 428. The Morgan fingerprint density at radius 1 is 1.61 bits per heavy atom. The normalized spacial score (nSPS) is 12.4. The summed E-state index contributed by atoms with van der Waals surface area (Å²) in [4.78, 5) is 22.0. The molecule has 100 valence electrons. The molecule has 0 radical (unpaired) electrons. The highest BCUT2D eigenvalue weighted by Crippen LogP contribution is 2.15. The fraction of sp³-hybridized carbons (Fsp3) is 0.636. The molecule has 7 heteroatoms. The van der Waals surface area contributed by atoms with E-state index < -0.39 is 11.0 Å². The fourth-order valence-corrected chi connectivity index (χ4v) is 1.51. The van der Waals surface area contributed by atoms with Gasteiger partial charge >= 0.3 is 5.69 Å². The summed E-state index contributed by atoms with van der Waals surface area (Å²) in [7, 11) is 0. The van der Waals surface area contributed by atoms with Crippen LogP contribution in [0.15, 0.2) is 12.4 Å². The zero-order valence-electron chi connectivity index (χ0n) is 10.8. The van der Waals surface area contributed by atoms with Crippen molar-refractivity contribution in [1.29, 1.82) is 0 Å². The van der Waals surface area contributed by atoms with Gasteiger partial charge in [0.2, 0.25) is 5.91 Å². The van der Waals surface area contributed by atoms with Crippen LogP contribution in [0.2, 0.25) is 0 Å². The Labute approximate surface area is 105 Å². The smallest absolute Gasteiger partial charge is 0.307 e. The molecule has 0 bridgehead atoms. The minimum atomic E-state index is -0.526. The van der Waals surface area contributed by atoms with E-state index in [2.05, 4.69) is 10.4 Å². The predicted octanol–water partition coefficient (Wildman–Crippen LogP) is 1.51. The number of hydrogen-bond acceptors (Lipinski definition) is 4. The van der Waals surface area contributed by atoms with Crippen LogP contribution in [-0.4, -0.2) is 27.2 Å². The molecule has 0 spiro atoms. The van der Waals surface area contributed by atoms with E-state index >= 15 is 0 Å². The Kier molecular flexibility index (Phi) is 4.82. The lowest BCUT2D eigenvalue weighted by atomic mass is 10.2. The Morgan fingerprint density at radius 3 is 2.72 bits per heavy atom. The van der Waals surface area contributed by atoms with Gasteiger partial charge in [0.15, 0.2) is 0 Å². The maximum atomic E-state index is 11.9. The molecule has 1 aromatic heterocycles. The molecule has 1 aromatic rings. The van der Waals surface area contributed by atoms with Crippen molar-refractivity contribution in [2.45, 2.75) is 33.2 Å². The minimum absolute atomic E-state index is 0.106. The van der Waals surface area contributed by atoms with E-state index in [9.17, 15) is 14.9 Å². The van der Waals surface area contributed by atoms with Crippen molar-refractivity contribution in [1.82, 2.24) is 15.1 Å². The third kappa shape index (κ3) is 3.54. The van der Waals surface area contributed by atoms with Gasteiger partial charge in [-0.1, -0.05) is 20.8 Å². The summed E-state index contributed by atoms with van der Waals surface area (Å²) < 4.78 is 1.34. The topological polar surface area (TPSA) is 90.1 Å². The van der Waals surface area contributed by atoms with Gasteiger partial charge in [-0.25, -0.2) is 0 Å². The molecule has 0 fully saturated rings. The second-order valence-electron chi connectivity index (χ2n) is 4.50. The number of aromatic nitrogens is 2. The molecule has 1 amide bonds. The zero-order chi connectivity index (χ0) is 13.7. The first-order chi connectivity index (χ1) is 8.45. The van der Waals surface area contributed by atoms with E-state index in [4.69, 9.17) is 0 Å². The zero-order valence-corrected chi connectivity index (χ0v) is 10.8. The van der Waals surface area contributed by atoms with Crippen molar-refractivity contribution in [2.24, 2.45) is 5.92 Å². The van der Waals surface area contributed by atoms with Gasteiger partial charge in [-0.3, -0.25) is 19.6 Å². The number of carbonyl (C=O) groups excluding carboxylic acids is 1. The number of nitro groups is 1. The fourth-order valence-electron chi connectivity index (χ4n) is 1.51. The first-order valence-electron chi connectivity index (χ1n) is 5.92. The van der Waals surface area contributed by atoms with E-state index in [0.29, 0.717) is 18.9 Å². The van der Waals surface area contributed by atoms with Crippen molar-refractivity contribution in [2.75, 3.05) is 6.54 Å². The van der Waals surface area contributed by atoms with E-state index in [0.717, 1.165) is 6.20 Å². The molecule has 1 N–H and O–H groups in total. The molecule has 0 aliphatic rings. The van der Waals surface area contributed by atoms with Gasteiger partial charge in [0.1, 0.15) is 18.4 Å². The van der Waals surface area contributed by atoms with Gasteiger partial charge in [0.25, 0.3) is 0 Å². The number of nitrogens with one attached hydrogen (secondary N) is 1. The van der Waals surface area contributed by atoms with Crippen LogP contribution in [0.1, 0.15) is 33.2 Å². The maximum absolute atomic E-state index is 11.9. The van der Waals surface area contributed by atoms with Crippen LogP contribution in [-0.2, 0) is 4.79 Å². The van der Waals surface area contributed by atoms with Gasteiger partial charge in [-0.15, -0.1) is 0 Å². The molecule has 7 nitrogen and oxygen atoms in total. The number of nitrogens with zero attached hydrogens (tertiary/aromatic N) is 3. The van der Waals surface area contributed by atoms with E-state index in [1.54, 1.807) is 0 Å². The summed E-state index contributed by atoms with van der Waals surface area (Å²) >= 11 is 0. The molecule has 0 aliphatic heterocycles. The first kappa shape index (κ1) is 14.1. The lowest BCUT2D eigenvalue weighted by molar-refractivity contribution is -0.385. The Hall–Kier alpha value is -1.92. The van der Waals surface area contributed by atoms with Crippen LogP contribution < -0.4 is 5.32 Å². The van der Waals surface area contributed by atoms with Crippen molar-refractivity contribution < 1.29 is 9.72 Å². The molecule has 0 aromatic carbocycles. The molecule has 1 heterocycles. The monoisotopic (exact) mass is 254 g/mol. The number of hydrogen-bond donors (Lipinski definition) is 1. The third-order valence-corrected chi connectivity index (χ3v) is 2.49. The summed E-state index contributed by atoms with van der Waals surface area (Å²) in [5.74, 6) is 0.197. The van der Waals surface area contributed by atoms with Crippen LogP contribution in [0.5, 0.6) is 0 Å². The van der Waals surface area contributed by atoms with Crippen LogP contribution in [0, 0.1) is 16.0 Å². The van der Waals surface area contributed by atoms with Crippen molar-refractivity contribution in [3.8, 4) is 0 Å². The van der Waals surface area contributed by atoms with Crippen LogP contribution >= 0.6 is 0 Å². The lowest BCUT2D eigenvalue weighted by Crippen LogP contribution is -2.34. The van der Waals surface area contributed by atoms with Gasteiger partial charge in [0.05, 0.1) is 4.92 Å². The standard InChI is InChI=1S/C11H18N4O3/c1-4-10(11(16)12-5-8(2)3)14-7-9(6-13-14)15(17)18/h6-8,10H,4-5H2,1-3H3,(H,12,16). The summed E-state index contributed by atoms with van der Waals surface area (Å²) in [5, 5.41) is 17.2. The molecule has 0 aliphatic carbocycles. The number of rotatable bonds is 6. The second kappa shape index (κ2) is 6.13. The highest BCUT2D eigenvalue weighted by atomic mass is 16.6. The van der Waals surface area contributed by atoms with Crippen LogP contribution in [0.4, 0.5) is 5.69 Å². The highest BCUT2D eigenvalue weighted by Gasteiger charge is 2.21. The predicted molar refractivity (Wildman–Crippen MR) is 66.1 cm³/mol. The molecule has 1 atom stereocenters. The average molecular weight is 254 g/mol. The van der Waals surface area contributed by atoms with E-state index in [-0.39, 0.29) is 11.6 Å². The largest absolute Gasteiger partial charge is 0.354 e. The van der Waals surface area contributed by atoms with Gasteiger partial charge in [-0.2, -0.15) is 5.10 Å². The molecular weight excluding hydrogens is 236 g/mol. The van der Waals surface area contributed by atoms with Gasteiger partial charge in [0, 0.05) is 6.54 Å². The number of carbonyl (C=O) groups is 1. The Morgan fingerprint density at radius 2 is 2.28 bits per heavy atom. The van der Waals surface area contributed by atoms with Crippen LogP contribution in [0.3, 0.4) is 0 Å². The van der Waals surface area contributed by atoms with Crippen LogP contribution in [0.25, 0.3) is 0 Å². The third-order valence-electron chi connectivity index (χ3n) is 2.49. The molecule has 0 saturated carbocycles. The summed E-state index contributed by atoms with van der Waals surface area (Å²) in [6.07, 6.45) is 2.96. The molecule has 1 unspecified atom stereocenters. The highest BCUT2D eigenvalue weighted by molar-refractivity contribution is 5.80.